The third-order valence-electron chi connectivity index (χ3n) is 3.55. The lowest BCUT2D eigenvalue weighted by atomic mass is 10.1. The zero-order valence-electron chi connectivity index (χ0n) is 12.3. The van der Waals surface area contributed by atoms with Gasteiger partial charge in [0.2, 0.25) is 15.9 Å². The Labute approximate surface area is 136 Å². The smallest absolute Gasteiger partial charge is 0.244 e. The first-order valence-electron chi connectivity index (χ1n) is 7.04. The summed E-state index contributed by atoms with van der Waals surface area (Å²) in [4.78, 5) is 11.9. The second kappa shape index (κ2) is 7.26. The zero-order chi connectivity index (χ0) is 16.2. The summed E-state index contributed by atoms with van der Waals surface area (Å²) in [7, 11) is -3.13. The highest BCUT2D eigenvalue weighted by Crippen LogP contribution is 2.14. The molecule has 1 saturated heterocycles. The monoisotopic (exact) mass is 342 g/mol. The number of halogens is 1. The third-order valence-corrected chi connectivity index (χ3v) is 5.08. The SMILES string of the molecule is CS(=O)(=O)N1CCC(NC(=O)/C=C/c2cccc(Cl)c2)CC1. The van der Waals surface area contributed by atoms with Crippen LogP contribution in [0.2, 0.25) is 5.02 Å². The van der Waals surface area contributed by atoms with Gasteiger partial charge in [-0.2, -0.15) is 0 Å². The minimum Gasteiger partial charge on any atom is -0.350 e. The molecule has 1 heterocycles. The molecular formula is C15H19ClN2O3S. The van der Waals surface area contributed by atoms with Gasteiger partial charge in [0.15, 0.2) is 0 Å². The molecule has 1 N–H and O–H groups in total. The predicted molar refractivity (Wildman–Crippen MR) is 88.1 cm³/mol. The maximum Gasteiger partial charge on any atom is 0.244 e. The molecule has 0 unspecified atom stereocenters. The molecule has 0 atom stereocenters. The lowest BCUT2D eigenvalue weighted by Gasteiger charge is -2.30. The molecule has 120 valence electrons. The van der Waals surface area contributed by atoms with E-state index in [4.69, 9.17) is 11.6 Å². The van der Waals surface area contributed by atoms with Crippen LogP contribution in [-0.2, 0) is 14.8 Å². The molecule has 0 saturated carbocycles. The first kappa shape index (κ1) is 17.0. The number of carbonyl (C=O) groups is 1. The predicted octanol–water partition coefficient (Wildman–Crippen LogP) is 1.89. The number of hydrogen-bond donors (Lipinski definition) is 1. The lowest BCUT2D eigenvalue weighted by molar-refractivity contribution is -0.117. The van der Waals surface area contributed by atoms with Crippen molar-refractivity contribution < 1.29 is 13.2 Å². The fraction of sp³-hybridized carbons (Fsp3) is 0.400. The average molecular weight is 343 g/mol. The number of piperidine rings is 1. The van der Waals surface area contributed by atoms with Gasteiger partial charge in [-0.05, 0) is 36.6 Å². The summed E-state index contributed by atoms with van der Waals surface area (Å²) in [6.45, 7) is 0.892. The molecule has 7 heteroatoms. The van der Waals surface area contributed by atoms with Crippen molar-refractivity contribution in [2.45, 2.75) is 18.9 Å². The lowest BCUT2D eigenvalue weighted by Crippen LogP contribution is -2.45. The maximum absolute atomic E-state index is 11.9. The summed E-state index contributed by atoms with van der Waals surface area (Å²) in [5, 5.41) is 3.52. The minimum absolute atomic E-state index is 0.00881. The molecule has 1 aliphatic heterocycles. The van der Waals surface area contributed by atoms with Gasteiger partial charge in [0, 0.05) is 30.2 Å². The summed E-state index contributed by atoms with van der Waals surface area (Å²) in [5.41, 5.74) is 0.856. The van der Waals surface area contributed by atoms with E-state index in [0.29, 0.717) is 31.0 Å². The van der Waals surface area contributed by atoms with Gasteiger partial charge >= 0.3 is 0 Å². The van der Waals surface area contributed by atoms with Gasteiger partial charge in [-0.15, -0.1) is 0 Å². The highest BCUT2D eigenvalue weighted by atomic mass is 35.5. The molecule has 1 aromatic carbocycles. The Morgan fingerprint density at radius 1 is 1.36 bits per heavy atom. The van der Waals surface area contributed by atoms with E-state index in [1.54, 1.807) is 18.2 Å². The maximum atomic E-state index is 11.9. The average Bonchev–Trinajstić information content (AvgIpc) is 2.45. The van der Waals surface area contributed by atoms with Crippen LogP contribution in [0.3, 0.4) is 0 Å². The number of rotatable bonds is 4. The minimum atomic E-state index is -3.13. The number of amides is 1. The second-order valence-corrected chi connectivity index (χ2v) is 7.75. The number of nitrogens with one attached hydrogen (secondary N) is 1. The number of nitrogens with zero attached hydrogens (tertiary/aromatic N) is 1. The Morgan fingerprint density at radius 2 is 2.05 bits per heavy atom. The van der Waals surface area contributed by atoms with E-state index in [0.717, 1.165) is 5.56 Å². The number of sulfonamides is 1. The van der Waals surface area contributed by atoms with Crippen molar-refractivity contribution in [3.63, 3.8) is 0 Å². The van der Waals surface area contributed by atoms with Gasteiger partial charge in [-0.3, -0.25) is 4.79 Å². The van der Waals surface area contributed by atoms with E-state index >= 15 is 0 Å². The van der Waals surface area contributed by atoms with Crippen LogP contribution in [0, 0.1) is 0 Å². The van der Waals surface area contributed by atoms with Crippen molar-refractivity contribution in [1.82, 2.24) is 9.62 Å². The standard InChI is InChI=1S/C15H19ClN2O3S/c1-22(20,21)18-9-7-14(8-10-18)17-15(19)6-5-12-3-2-4-13(16)11-12/h2-6,11,14H,7-10H2,1H3,(H,17,19)/b6-5+. The highest BCUT2D eigenvalue weighted by molar-refractivity contribution is 7.88. The van der Waals surface area contributed by atoms with E-state index in [-0.39, 0.29) is 11.9 Å². The molecule has 1 aromatic rings. The van der Waals surface area contributed by atoms with E-state index < -0.39 is 10.0 Å². The van der Waals surface area contributed by atoms with Crippen molar-refractivity contribution in [2.24, 2.45) is 0 Å². The van der Waals surface area contributed by atoms with Crippen LogP contribution in [-0.4, -0.2) is 44.0 Å². The van der Waals surface area contributed by atoms with E-state index in [1.807, 2.05) is 12.1 Å². The zero-order valence-corrected chi connectivity index (χ0v) is 13.9. The van der Waals surface area contributed by atoms with Crippen LogP contribution >= 0.6 is 11.6 Å². The van der Waals surface area contributed by atoms with Crippen LogP contribution in [0.15, 0.2) is 30.3 Å². The van der Waals surface area contributed by atoms with Crippen molar-refractivity contribution in [3.05, 3.63) is 40.9 Å². The molecular weight excluding hydrogens is 324 g/mol. The first-order chi connectivity index (χ1) is 10.3. The fourth-order valence-corrected chi connectivity index (χ4v) is 3.44. The topological polar surface area (TPSA) is 66.5 Å². The van der Waals surface area contributed by atoms with Gasteiger partial charge < -0.3 is 5.32 Å². The van der Waals surface area contributed by atoms with Gasteiger partial charge in [0.05, 0.1) is 6.26 Å². The normalized spacial score (nSPS) is 17.7. The van der Waals surface area contributed by atoms with E-state index in [2.05, 4.69) is 5.32 Å². The van der Waals surface area contributed by atoms with E-state index in [1.165, 1.54) is 16.6 Å². The quantitative estimate of drug-likeness (QED) is 0.850. The largest absolute Gasteiger partial charge is 0.350 e. The van der Waals surface area contributed by atoms with Gasteiger partial charge in [-0.25, -0.2) is 12.7 Å². The van der Waals surface area contributed by atoms with Crippen molar-refractivity contribution in [3.8, 4) is 0 Å². The molecule has 5 nitrogen and oxygen atoms in total. The Morgan fingerprint density at radius 3 is 2.64 bits per heavy atom. The second-order valence-electron chi connectivity index (χ2n) is 5.33. The highest BCUT2D eigenvalue weighted by Gasteiger charge is 2.25. The van der Waals surface area contributed by atoms with Crippen LogP contribution in [0.1, 0.15) is 18.4 Å². The van der Waals surface area contributed by atoms with Crippen molar-refractivity contribution in [2.75, 3.05) is 19.3 Å². The summed E-state index contributed by atoms with van der Waals surface area (Å²) >= 11 is 5.88. The fourth-order valence-electron chi connectivity index (χ4n) is 2.36. The molecule has 1 amide bonds. The summed E-state index contributed by atoms with van der Waals surface area (Å²) < 4.78 is 24.3. The van der Waals surface area contributed by atoms with Crippen molar-refractivity contribution >= 4 is 33.6 Å². The van der Waals surface area contributed by atoms with Crippen LogP contribution in [0.5, 0.6) is 0 Å². The number of benzene rings is 1. The summed E-state index contributed by atoms with van der Waals surface area (Å²) in [6.07, 6.45) is 5.63. The van der Waals surface area contributed by atoms with Gasteiger partial charge in [0.1, 0.15) is 0 Å². The van der Waals surface area contributed by atoms with Crippen LogP contribution in [0.25, 0.3) is 6.08 Å². The molecule has 1 aliphatic rings. The van der Waals surface area contributed by atoms with Crippen LogP contribution in [0.4, 0.5) is 0 Å². The number of carbonyl (C=O) groups excluding carboxylic acids is 1. The van der Waals surface area contributed by atoms with Gasteiger partial charge in [0.25, 0.3) is 0 Å². The van der Waals surface area contributed by atoms with Crippen molar-refractivity contribution in [1.29, 1.82) is 0 Å². The van der Waals surface area contributed by atoms with Crippen LogP contribution < -0.4 is 5.32 Å². The molecule has 0 aromatic heterocycles. The summed E-state index contributed by atoms with van der Waals surface area (Å²) in [6, 6.07) is 7.24. The molecule has 0 radical (unpaired) electrons. The molecule has 0 aliphatic carbocycles. The summed E-state index contributed by atoms with van der Waals surface area (Å²) in [5.74, 6) is -0.183. The van der Waals surface area contributed by atoms with E-state index in [9.17, 15) is 13.2 Å². The molecule has 0 bridgehead atoms. The number of hydrogen-bond acceptors (Lipinski definition) is 3. The molecule has 0 spiro atoms. The molecule has 2 rings (SSSR count). The Hall–Kier alpha value is -1.37. The Bertz CT molecular complexity index is 665. The van der Waals surface area contributed by atoms with Gasteiger partial charge in [-0.1, -0.05) is 23.7 Å². The molecule has 22 heavy (non-hydrogen) atoms. The third kappa shape index (κ3) is 5.12. The Balaban J connectivity index is 1.83. The Kier molecular flexibility index (Phi) is 5.61. The first-order valence-corrected chi connectivity index (χ1v) is 9.26. The molecule has 1 fully saturated rings.